The maximum absolute atomic E-state index is 5.42. The molecule has 3 rings (SSSR count). The van der Waals surface area contributed by atoms with E-state index in [9.17, 15) is 0 Å². The van der Waals surface area contributed by atoms with Crippen LogP contribution in [0.2, 0.25) is 0 Å². The Balaban J connectivity index is 0.00000363. The van der Waals surface area contributed by atoms with Crippen LogP contribution in [0.15, 0.2) is 47.5 Å². The number of anilines is 2. The Morgan fingerprint density at radius 1 is 1.12 bits per heavy atom. The Morgan fingerprint density at radius 2 is 1.84 bits per heavy atom. The number of aliphatic imine (C=N–C) groups is 1. The molecule has 0 aromatic heterocycles. The van der Waals surface area contributed by atoms with E-state index in [0.717, 1.165) is 49.2 Å². The second-order valence-corrected chi connectivity index (χ2v) is 7.91. The highest BCUT2D eigenvalue weighted by Gasteiger charge is 2.24. The van der Waals surface area contributed by atoms with Crippen LogP contribution >= 0.6 is 24.0 Å². The molecule has 2 N–H and O–H groups in total. The third-order valence-electron chi connectivity index (χ3n) is 5.42. The average Bonchev–Trinajstić information content (AvgIpc) is 3.26. The van der Waals surface area contributed by atoms with Crippen LogP contribution in [0.5, 0.6) is 11.5 Å². The molecule has 0 amide bonds. The van der Waals surface area contributed by atoms with Gasteiger partial charge in [0.05, 0.1) is 20.8 Å². The van der Waals surface area contributed by atoms with Crippen molar-refractivity contribution < 1.29 is 9.47 Å². The van der Waals surface area contributed by atoms with Crippen molar-refractivity contribution in [2.24, 2.45) is 4.99 Å². The Morgan fingerprint density at radius 3 is 2.47 bits per heavy atom. The normalized spacial score (nSPS) is 15.7. The van der Waals surface area contributed by atoms with Crippen molar-refractivity contribution in [2.45, 2.75) is 25.9 Å². The molecule has 2 aromatic carbocycles. The quantitative estimate of drug-likeness (QED) is 0.295. The lowest BCUT2D eigenvalue weighted by Gasteiger charge is -2.21. The molecule has 1 saturated heterocycles. The topological polar surface area (TPSA) is 61.4 Å². The fourth-order valence-corrected chi connectivity index (χ4v) is 3.70. The zero-order chi connectivity index (χ0) is 22.2. The zero-order valence-corrected chi connectivity index (χ0v) is 22.1. The molecule has 0 aliphatic carbocycles. The third kappa shape index (κ3) is 7.08. The van der Waals surface area contributed by atoms with E-state index in [2.05, 4.69) is 77.9 Å². The van der Waals surface area contributed by atoms with Crippen molar-refractivity contribution in [1.29, 1.82) is 0 Å². The lowest BCUT2D eigenvalue weighted by molar-refractivity contribution is 0.394. The number of ether oxygens (including phenoxy) is 2. The van der Waals surface area contributed by atoms with Crippen molar-refractivity contribution in [3.8, 4) is 11.5 Å². The van der Waals surface area contributed by atoms with Gasteiger partial charge >= 0.3 is 0 Å². The highest BCUT2D eigenvalue weighted by atomic mass is 127. The fourth-order valence-electron chi connectivity index (χ4n) is 3.70. The SMILES string of the molecule is CCNC(=NCc1cccc(N(C)C)c1)NC1CCN(c2cc(OC)cc(OC)c2)C1.I. The summed E-state index contributed by atoms with van der Waals surface area (Å²) >= 11 is 0. The molecule has 1 atom stereocenters. The summed E-state index contributed by atoms with van der Waals surface area (Å²) < 4.78 is 10.8. The van der Waals surface area contributed by atoms with Crippen molar-refractivity contribution >= 4 is 41.3 Å². The number of methoxy groups -OCH3 is 2. The van der Waals surface area contributed by atoms with E-state index in [-0.39, 0.29) is 24.0 Å². The highest BCUT2D eigenvalue weighted by Crippen LogP contribution is 2.30. The molecular weight excluding hydrogens is 517 g/mol. The van der Waals surface area contributed by atoms with Gasteiger partial charge < -0.3 is 29.9 Å². The van der Waals surface area contributed by atoms with Crippen molar-refractivity contribution in [2.75, 3.05) is 57.7 Å². The largest absolute Gasteiger partial charge is 0.497 e. The summed E-state index contributed by atoms with van der Waals surface area (Å²) in [4.78, 5) is 9.28. The molecule has 32 heavy (non-hydrogen) atoms. The summed E-state index contributed by atoms with van der Waals surface area (Å²) in [5, 5.41) is 6.98. The van der Waals surface area contributed by atoms with Gasteiger partial charge in [-0.1, -0.05) is 12.1 Å². The van der Waals surface area contributed by atoms with Gasteiger partial charge in [0.2, 0.25) is 0 Å². The van der Waals surface area contributed by atoms with E-state index in [0.29, 0.717) is 12.6 Å². The lowest BCUT2D eigenvalue weighted by Crippen LogP contribution is -2.44. The minimum atomic E-state index is 0. The molecule has 176 valence electrons. The van der Waals surface area contributed by atoms with Crippen LogP contribution in [0.3, 0.4) is 0 Å². The number of nitrogens with zero attached hydrogens (tertiary/aromatic N) is 3. The standard InChI is InChI=1S/C24H35N5O2.HI/c1-6-25-24(26-16-18-8-7-9-20(12-18)28(2)3)27-19-10-11-29(17-19)21-13-22(30-4)15-23(14-21)31-5;/h7-9,12-15,19H,6,10-11,16-17H2,1-5H3,(H2,25,26,27);1H. The number of halogens is 1. The number of rotatable bonds is 8. The van der Waals surface area contributed by atoms with E-state index in [1.807, 2.05) is 6.07 Å². The van der Waals surface area contributed by atoms with Gasteiger partial charge in [-0.3, -0.25) is 0 Å². The summed E-state index contributed by atoms with van der Waals surface area (Å²) in [6, 6.07) is 14.8. The predicted molar refractivity (Wildman–Crippen MR) is 144 cm³/mol. The van der Waals surface area contributed by atoms with Crippen molar-refractivity contribution in [3.05, 3.63) is 48.0 Å². The highest BCUT2D eigenvalue weighted by molar-refractivity contribution is 14.0. The minimum Gasteiger partial charge on any atom is -0.497 e. The first-order chi connectivity index (χ1) is 15.0. The summed E-state index contributed by atoms with van der Waals surface area (Å²) in [6.07, 6.45) is 1.04. The van der Waals surface area contributed by atoms with Crippen LogP contribution in [-0.2, 0) is 6.54 Å². The summed E-state index contributed by atoms with van der Waals surface area (Å²) in [5.41, 5.74) is 3.49. The van der Waals surface area contributed by atoms with Crippen LogP contribution < -0.4 is 29.9 Å². The van der Waals surface area contributed by atoms with E-state index >= 15 is 0 Å². The Bertz CT molecular complexity index is 868. The molecule has 8 heteroatoms. The van der Waals surface area contributed by atoms with Gasteiger partial charge in [0.1, 0.15) is 11.5 Å². The van der Waals surface area contributed by atoms with Gasteiger partial charge in [-0.05, 0) is 31.0 Å². The summed E-state index contributed by atoms with van der Waals surface area (Å²) in [5.74, 6) is 2.47. The third-order valence-corrected chi connectivity index (χ3v) is 5.42. The first-order valence-corrected chi connectivity index (χ1v) is 10.8. The molecule has 0 spiro atoms. The molecular formula is C24H36IN5O2. The predicted octanol–water partition coefficient (Wildman–Crippen LogP) is 3.72. The smallest absolute Gasteiger partial charge is 0.191 e. The molecule has 0 saturated carbocycles. The monoisotopic (exact) mass is 553 g/mol. The Kier molecular flexibility index (Phi) is 10.2. The maximum Gasteiger partial charge on any atom is 0.191 e. The number of nitrogens with one attached hydrogen (secondary N) is 2. The van der Waals surface area contributed by atoms with Gasteiger partial charge in [-0.2, -0.15) is 0 Å². The van der Waals surface area contributed by atoms with Crippen molar-refractivity contribution in [1.82, 2.24) is 10.6 Å². The number of guanidine groups is 1. The minimum absolute atomic E-state index is 0. The molecule has 1 aliphatic rings. The first-order valence-electron chi connectivity index (χ1n) is 10.8. The zero-order valence-electron chi connectivity index (χ0n) is 19.7. The molecule has 1 aliphatic heterocycles. The Labute approximate surface area is 209 Å². The molecule has 1 heterocycles. The van der Waals surface area contributed by atoms with E-state index in [1.54, 1.807) is 14.2 Å². The van der Waals surface area contributed by atoms with Crippen molar-refractivity contribution in [3.63, 3.8) is 0 Å². The molecule has 7 nitrogen and oxygen atoms in total. The lowest BCUT2D eigenvalue weighted by atomic mass is 10.2. The van der Waals surface area contributed by atoms with E-state index in [4.69, 9.17) is 14.5 Å². The Hall–Kier alpha value is -2.36. The molecule has 0 bridgehead atoms. The molecule has 1 unspecified atom stereocenters. The number of benzene rings is 2. The summed E-state index contributed by atoms with van der Waals surface area (Å²) in [7, 11) is 7.47. The van der Waals surface area contributed by atoms with Gasteiger partial charge in [-0.25, -0.2) is 4.99 Å². The van der Waals surface area contributed by atoms with Gasteiger partial charge in [0.25, 0.3) is 0 Å². The van der Waals surface area contributed by atoms with Crippen LogP contribution in [-0.4, -0.2) is 60.0 Å². The van der Waals surface area contributed by atoms with Gasteiger partial charge in [-0.15, -0.1) is 24.0 Å². The second kappa shape index (κ2) is 12.6. The van der Waals surface area contributed by atoms with Gasteiger partial charge in [0.15, 0.2) is 5.96 Å². The van der Waals surface area contributed by atoms with E-state index < -0.39 is 0 Å². The first kappa shape index (κ1) is 25.9. The summed E-state index contributed by atoms with van der Waals surface area (Å²) in [6.45, 7) is 5.43. The van der Waals surface area contributed by atoms with Crippen LogP contribution in [0, 0.1) is 0 Å². The number of hydrogen-bond donors (Lipinski definition) is 2. The second-order valence-electron chi connectivity index (χ2n) is 7.91. The maximum atomic E-state index is 5.42. The molecule has 2 aromatic rings. The van der Waals surface area contributed by atoms with Gasteiger partial charge in [0, 0.05) is 69.3 Å². The molecule has 0 radical (unpaired) electrons. The average molecular weight is 553 g/mol. The van der Waals surface area contributed by atoms with E-state index in [1.165, 1.54) is 11.3 Å². The fraction of sp³-hybridized carbons (Fsp3) is 0.458. The van der Waals surface area contributed by atoms with Crippen LogP contribution in [0.4, 0.5) is 11.4 Å². The molecule has 1 fully saturated rings. The number of hydrogen-bond acceptors (Lipinski definition) is 5. The van der Waals surface area contributed by atoms with Crippen LogP contribution in [0.25, 0.3) is 0 Å². The van der Waals surface area contributed by atoms with Crippen LogP contribution in [0.1, 0.15) is 18.9 Å².